The summed E-state index contributed by atoms with van der Waals surface area (Å²) in [5.41, 5.74) is 0.389. The van der Waals surface area contributed by atoms with Crippen LogP contribution in [0.4, 0.5) is 0 Å². The summed E-state index contributed by atoms with van der Waals surface area (Å²) in [5.74, 6) is 0. The monoisotopic (exact) mass is 273 g/mol. The van der Waals surface area contributed by atoms with Gasteiger partial charge in [-0.3, -0.25) is 0 Å². The lowest BCUT2D eigenvalue weighted by atomic mass is 10.1. The van der Waals surface area contributed by atoms with Gasteiger partial charge in [-0.25, -0.2) is 18.4 Å². The Morgan fingerprint density at radius 2 is 1.94 bits per heavy atom. The number of hydrogen-bond acceptors (Lipinski definition) is 4. The summed E-state index contributed by atoms with van der Waals surface area (Å²) in [6.45, 7) is 1.54. The molecule has 1 aromatic heterocycles. The Bertz CT molecular complexity index is 714. The van der Waals surface area contributed by atoms with E-state index in [4.69, 9.17) is 10.7 Å². The van der Waals surface area contributed by atoms with Gasteiger partial charge in [-0.1, -0.05) is 18.2 Å². The number of aromatic amines is 1. The molecule has 1 aromatic carbocycles. The second kappa shape index (κ2) is 4.05. The quantitative estimate of drug-likeness (QED) is 0.847. The van der Waals surface area contributed by atoms with E-state index < -0.39 is 14.7 Å². The number of halogens is 1. The summed E-state index contributed by atoms with van der Waals surface area (Å²) in [6, 6.07) is 6.10. The van der Waals surface area contributed by atoms with Crippen LogP contribution in [-0.4, -0.2) is 13.6 Å². The smallest absolute Gasteiger partial charge is 0.338 e. The van der Waals surface area contributed by atoms with Crippen molar-refractivity contribution in [3.63, 3.8) is 0 Å². The second-order valence-electron chi connectivity index (χ2n) is 3.43. The molecule has 0 aliphatic carbocycles. The fraction of sp³-hybridized carbons (Fsp3) is 0.100. The van der Waals surface area contributed by atoms with Crippen LogP contribution in [0.25, 0.3) is 11.3 Å². The molecule has 0 aliphatic rings. The van der Waals surface area contributed by atoms with E-state index in [2.05, 4.69) is 9.68 Å². The first-order valence-corrected chi connectivity index (χ1v) is 6.94. The molecule has 2 aromatic rings. The van der Waals surface area contributed by atoms with Crippen LogP contribution in [0.1, 0.15) is 5.56 Å². The maximum atomic E-state index is 11.4. The molecule has 7 heteroatoms. The molecule has 1 N–H and O–H groups in total. The Labute approximate surface area is 101 Å². The van der Waals surface area contributed by atoms with Crippen molar-refractivity contribution >= 4 is 19.7 Å². The molecule has 90 valence electrons. The molecule has 17 heavy (non-hydrogen) atoms. The second-order valence-corrected chi connectivity index (χ2v) is 5.96. The summed E-state index contributed by atoms with van der Waals surface area (Å²) >= 11 is 0. The minimum atomic E-state index is -3.88. The molecule has 0 fully saturated rings. The Hall–Kier alpha value is -1.53. The number of nitrogens with one attached hydrogen (secondary N) is 1. The van der Waals surface area contributed by atoms with Gasteiger partial charge in [-0.05, 0) is 13.0 Å². The molecule has 0 atom stereocenters. The highest BCUT2D eigenvalue weighted by atomic mass is 35.7. The van der Waals surface area contributed by atoms with Crippen LogP contribution in [0, 0.1) is 6.92 Å². The fourth-order valence-corrected chi connectivity index (χ4v) is 2.57. The van der Waals surface area contributed by atoms with E-state index in [9.17, 15) is 13.2 Å². The lowest BCUT2D eigenvalue weighted by Gasteiger charge is -2.04. The minimum Gasteiger partial charge on any atom is -0.338 e. The molecule has 0 unspecified atom stereocenters. The maximum absolute atomic E-state index is 11.4. The Balaban J connectivity index is 2.77. The first kappa shape index (κ1) is 11.9. The zero-order valence-electron chi connectivity index (χ0n) is 8.73. The summed E-state index contributed by atoms with van der Waals surface area (Å²) in [5, 5.41) is 2.39. The predicted molar refractivity (Wildman–Crippen MR) is 62.5 cm³/mol. The highest BCUT2D eigenvalue weighted by molar-refractivity contribution is 8.13. The number of benzene rings is 1. The van der Waals surface area contributed by atoms with Crippen molar-refractivity contribution in [2.45, 2.75) is 11.8 Å². The van der Waals surface area contributed by atoms with Gasteiger partial charge in [0.15, 0.2) is 0 Å². The van der Waals surface area contributed by atoms with Crippen molar-refractivity contribution < 1.29 is 12.9 Å². The zero-order valence-corrected chi connectivity index (χ0v) is 10.3. The van der Waals surface area contributed by atoms with Gasteiger partial charge in [-0.2, -0.15) is 0 Å². The van der Waals surface area contributed by atoms with E-state index in [1.165, 1.54) is 13.0 Å². The van der Waals surface area contributed by atoms with Gasteiger partial charge < -0.3 is 4.52 Å². The van der Waals surface area contributed by atoms with Crippen LogP contribution in [0.3, 0.4) is 0 Å². The first-order chi connectivity index (χ1) is 7.91. The molecule has 2 rings (SSSR count). The van der Waals surface area contributed by atoms with E-state index in [-0.39, 0.29) is 4.90 Å². The molecule has 0 aliphatic heterocycles. The van der Waals surface area contributed by atoms with Crippen LogP contribution >= 0.6 is 10.7 Å². The Morgan fingerprint density at radius 1 is 1.29 bits per heavy atom. The molecule has 0 saturated carbocycles. The maximum Gasteiger partial charge on any atom is 0.360 e. The van der Waals surface area contributed by atoms with Crippen molar-refractivity contribution in [3.05, 3.63) is 40.2 Å². The molecule has 5 nitrogen and oxygen atoms in total. The number of H-pyrrole nitrogens is 1. The third kappa shape index (κ3) is 2.13. The number of rotatable bonds is 2. The molecule has 0 bridgehead atoms. The van der Waals surface area contributed by atoms with Crippen LogP contribution < -0.4 is 5.63 Å². The summed E-state index contributed by atoms with van der Waals surface area (Å²) in [4.78, 5) is 11.1. The topological polar surface area (TPSA) is 80.1 Å². The molecule has 0 radical (unpaired) electrons. The van der Waals surface area contributed by atoms with Gasteiger partial charge >= 0.3 is 5.63 Å². The minimum absolute atomic E-state index is 0.0678. The van der Waals surface area contributed by atoms with Crippen LogP contribution in [0.15, 0.2) is 38.5 Å². The van der Waals surface area contributed by atoms with Gasteiger partial charge in [-0.15, -0.1) is 0 Å². The van der Waals surface area contributed by atoms with Gasteiger partial charge in [0.25, 0.3) is 9.05 Å². The van der Waals surface area contributed by atoms with E-state index in [1.807, 2.05) is 0 Å². The molecular formula is C10H8ClNO4S. The predicted octanol–water partition coefficient (Wildman–Crippen LogP) is 1.87. The van der Waals surface area contributed by atoms with Crippen molar-refractivity contribution in [1.29, 1.82) is 0 Å². The molecule has 0 spiro atoms. The van der Waals surface area contributed by atoms with Crippen molar-refractivity contribution in [2.24, 2.45) is 0 Å². The average Bonchev–Trinajstić information content (AvgIpc) is 2.59. The van der Waals surface area contributed by atoms with Crippen molar-refractivity contribution in [2.75, 3.05) is 0 Å². The van der Waals surface area contributed by atoms with Gasteiger partial charge in [0.2, 0.25) is 0 Å². The Morgan fingerprint density at radius 3 is 2.47 bits per heavy atom. The summed E-state index contributed by atoms with van der Waals surface area (Å²) in [7, 11) is 1.44. The lowest BCUT2D eigenvalue weighted by Crippen LogP contribution is -1.98. The largest absolute Gasteiger partial charge is 0.360 e. The highest BCUT2D eigenvalue weighted by Crippen LogP contribution is 2.29. The van der Waals surface area contributed by atoms with E-state index in [1.54, 1.807) is 18.2 Å². The Kier molecular flexibility index (Phi) is 2.84. The molecule has 0 amide bonds. The normalized spacial score (nSPS) is 11.6. The third-order valence-electron chi connectivity index (χ3n) is 2.35. The first-order valence-electron chi connectivity index (χ1n) is 4.63. The van der Waals surface area contributed by atoms with Crippen LogP contribution in [-0.2, 0) is 9.05 Å². The SMILES string of the molecule is Cc1c(-c2ccccc2S(=O)(=O)Cl)[nH]oc1=O. The van der Waals surface area contributed by atoms with Crippen molar-refractivity contribution in [1.82, 2.24) is 5.16 Å². The van der Waals surface area contributed by atoms with E-state index >= 15 is 0 Å². The zero-order chi connectivity index (χ0) is 12.6. The number of hydrogen-bond donors (Lipinski definition) is 1. The molecular weight excluding hydrogens is 266 g/mol. The molecule has 0 saturated heterocycles. The third-order valence-corrected chi connectivity index (χ3v) is 3.73. The van der Waals surface area contributed by atoms with E-state index in [0.717, 1.165) is 0 Å². The van der Waals surface area contributed by atoms with Gasteiger partial charge in [0.1, 0.15) is 0 Å². The highest BCUT2D eigenvalue weighted by Gasteiger charge is 2.19. The standard InChI is InChI=1S/C10H8ClNO4S/c1-6-9(12-16-10(6)13)7-4-2-3-5-8(7)17(11,14)15/h2-5,12H,1H3. The van der Waals surface area contributed by atoms with Crippen LogP contribution in [0.5, 0.6) is 0 Å². The van der Waals surface area contributed by atoms with Gasteiger partial charge in [0, 0.05) is 16.2 Å². The van der Waals surface area contributed by atoms with Crippen molar-refractivity contribution in [3.8, 4) is 11.3 Å². The number of aromatic nitrogens is 1. The average molecular weight is 274 g/mol. The molecule has 1 heterocycles. The lowest BCUT2D eigenvalue weighted by molar-refractivity contribution is 0.392. The van der Waals surface area contributed by atoms with E-state index in [0.29, 0.717) is 16.8 Å². The fourth-order valence-electron chi connectivity index (χ4n) is 1.50. The summed E-state index contributed by atoms with van der Waals surface area (Å²) < 4.78 is 27.4. The van der Waals surface area contributed by atoms with Gasteiger partial charge in [0.05, 0.1) is 16.2 Å². The summed E-state index contributed by atoms with van der Waals surface area (Å²) in [6.07, 6.45) is 0. The van der Waals surface area contributed by atoms with Crippen LogP contribution in [0.2, 0.25) is 0 Å².